The molecule has 6 heteroatoms. The van der Waals surface area contributed by atoms with E-state index in [1.54, 1.807) is 0 Å². The molecule has 3 rings (SSSR count). The van der Waals surface area contributed by atoms with Crippen molar-refractivity contribution in [2.45, 2.75) is 52.9 Å². The highest BCUT2D eigenvalue weighted by Crippen LogP contribution is 2.28. The Labute approximate surface area is 173 Å². The Kier molecular flexibility index (Phi) is 6.83. The van der Waals surface area contributed by atoms with Crippen LogP contribution in [0.5, 0.6) is 0 Å². The van der Waals surface area contributed by atoms with Gasteiger partial charge in [0, 0.05) is 56.2 Å². The van der Waals surface area contributed by atoms with Gasteiger partial charge in [0.15, 0.2) is 0 Å². The molecule has 1 aromatic heterocycles. The second-order valence-electron chi connectivity index (χ2n) is 7.86. The smallest absolute Gasteiger partial charge is 0.222 e. The SMILES string of the molecule is CCC(=O)N1CCN(c2nc(C(C)C)nc(CC)c2Cc2ccc(F)cc2)CC1. The van der Waals surface area contributed by atoms with Crippen LogP contribution in [0.25, 0.3) is 0 Å². The average molecular weight is 399 g/mol. The number of hydrogen-bond acceptors (Lipinski definition) is 4. The Balaban J connectivity index is 1.95. The van der Waals surface area contributed by atoms with Crippen molar-refractivity contribution in [3.63, 3.8) is 0 Å². The Hall–Kier alpha value is -2.50. The van der Waals surface area contributed by atoms with Crippen LogP contribution in [0.2, 0.25) is 0 Å². The second kappa shape index (κ2) is 9.33. The van der Waals surface area contributed by atoms with Crippen LogP contribution in [0, 0.1) is 5.82 Å². The van der Waals surface area contributed by atoms with Crippen molar-refractivity contribution in [1.82, 2.24) is 14.9 Å². The first-order chi connectivity index (χ1) is 13.9. The van der Waals surface area contributed by atoms with Crippen molar-refractivity contribution in [3.05, 3.63) is 52.7 Å². The Bertz CT molecular complexity index is 843. The first-order valence-corrected chi connectivity index (χ1v) is 10.6. The number of carbonyl (C=O) groups excluding carboxylic acids is 1. The molecule has 1 aliphatic heterocycles. The van der Waals surface area contributed by atoms with Gasteiger partial charge in [0.1, 0.15) is 17.5 Å². The number of benzene rings is 1. The monoisotopic (exact) mass is 398 g/mol. The van der Waals surface area contributed by atoms with Crippen LogP contribution in [0.4, 0.5) is 10.2 Å². The fourth-order valence-corrected chi connectivity index (χ4v) is 3.73. The summed E-state index contributed by atoms with van der Waals surface area (Å²) in [5.41, 5.74) is 3.21. The van der Waals surface area contributed by atoms with E-state index in [1.165, 1.54) is 12.1 Å². The summed E-state index contributed by atoms with van der Waals surface area (Å²) in [5.74, 6) is 2.03. The van der Waals surface area contributed by atoms with Gasteiger partial charge in [-0.05, 0) is 24.1 Å². The minimum absolute atomic E-state index is 0.205. The van der Waals surface area contributed by atoms with Crippen LogP contribution < -0.4 is 4.90 Å². The highest BCUT2D eigenvalue weighted by Gasteiger charge is 2.25. The maximum atomic E-state index is 13.3. The number of anilines is 1. The normalized spacial score (nSPS) is 14.6. The van der Waals surface area contributed by atoms with E-state index in [4.69, 9.17) is 9.97 Å². The van der Waals surface area contributed by atoms with E-state index in [1.807, 2.05) is 24.0 Å². The van der Waals surface area contributed by atoms with Gasteiger partial charge in [-0.3, -0.25) is 4.79 Å². The lowest BCUT2D eigenvalue weighted by Gasteiger charge is -2.36. The van der Waals surface area contributed by atoms with E-state index in [0.29, 0.717) is 25.9 Å². The van der Waals surface area contributed by atoms with Crippen molar-refractivity contribution in [1.29, 1.82) is 0 Å². The van der Waals surface area contributed by atoms with Gasteiger partial charge in [0.05, 0.1) is 0 Å². The van der Waals surface area contributed by atoms with E-state index in [0.717, 1.165) is 48.0 Å². The molecule has 29 heavy (non-hydrogen) atoms. The molecule has 1 amide bonds. The molecular weight excluding hydrogens is 367 g/mol. The van der Waals surface area contributed by atoms with Crippen molar-refractivity contribution >= 4 is 11.7 Å². The second-order valence-corrected chi connectivity index (χ2v) is 7.86. The molecule has 0 saturated carbocycles. The number of rotatable bonds is 6. The summed E-state index contributed by atoms with van der Waals surface area (Å²) < 4.78 is 13.3. The van der Waals surface area contributed by atoms with E-state index >= 15 is 0 Å². The predicted molar refractivity (Wildman–Crippen MR) is 114 cm³/mol. The Morgan fingerprint density at radius 2 is 1.72 bits per heavy atom. The molecule has 0 N–H and O–H groups in total. The molecule has 0 aliphatic carbocycles. The molecule has 0 bridgehead atoms. The lowest BCUT2D eigenvalue weighted by atomic mass is 10.0. The zero-order valence-corrected chi connectivity index (χ0v) is 17.9. The zero-order chi connectivity index (χ0) is 21.0. The molecule has 156 valence electrons. The Morgan fingerprint density at radius 1 is 1.07 bits per heavy atom. The zero-order valence-electron chi connectivity index (χ0n) is 17.9. The standard InChI is InChI=1S/C23H31FN4O/c1-5-20-19(15-17-7-9-18(24)10-8-17)23(26-22(25-20)16(3)4)28-13-11-27(12-14-28)21(29)6-2/h7-10,16H,5-6,11-15H2,1-4H3. The number of halogens is 1. The van der Waals surface area contributed by atoms with Crippen LogP contribution >= 0.6 is 0 Å². The molecule has 2 aromatic rings. The summed E-state index contributed by atoms with van der Waals surface area (Å²) >= 11 is 0. The number of aryl methyl sites for hydroxylation is 1. The van der Waals surface area contributed by atoms with Gasteiger partial charge in [0.2, 0.25) is 5.91 Å². The highest BCUT2D eigenvalue weighted by atomic mass is 19.1. The summed E-state index contributed by atoms with van der Waals surface area (Å²) in [5, 5.41) is 0. The molecule has 0 radical (unpaired) electrons. The minimum Gasteiger partial charge on any atom is -0.353 e. The topological polar surface area (TPSA) is 49.3 Å². The van der Waals surface area contributed by atoms with Crippen LogP contribution in [-0.2, 0) is 17.6 Å². The van der Waals surface area contributed by atoms with Crippen LogP contribution in [0.3, 0.4) is 0 Å². The molecule has 0 spiro atoms. The number of aromatic nitrogens is 2. The summed E-state index contributed by atoms with van der Waals surface area (Å²) in [4.78, 5) is 26.0. The summed E-state index contributed by atoms with van der Waals surface area (Å²) in [6, 6.07) is 6.65. The average Bonchev–Trinajstić information content (AvgIpc) is 2.74. The number of piperazine rings is 1. The number of amides is 1. The maximum Gasteiger partial charge on any atom is 0.222 e. The van der Waals surface area contributed by atoms with Gasteiger partial charge in [-0.15, -0.1) is 0 Å². The molecule has 1 saturated heterocycles. The van der Waals surface area contributed by atoms with E-state index < -0.39 is 0 Å². The lowest BCUT2D eigenvalue weighted by molar-refractivity contribution is -0.131. The quantitative estimate of drug-likeness (QED) is 0.739. The predicted octanol–water partition coefficient (Wildman–Crippen LogP) is 3.95. The van der Waals surface area contributed by atoms with Gasteiger partial charge < -0.3 is 9.80 Å². The molecule has 1 fully saturated rings. The minimum atomic E-state index is -0.229. The van der Waals surface area contributed by atoms with Gasteiger partial charge >= 0.3 is 0 Å². The third-order valence-corrected chi connectivity index (χ3v) is 5.47. The van der Waals surface area contributed by atoms with Crippen LogP contribution in [0.1, 0.15) is 62.7 Å². The van der Waals surface area contributed by atoms with E-state index in [-0.39, 0.29) is 17.6 Å². The van der Waals surface area contributed by atoms with Crippen molar-refractivity contribution < 1.29 is 9.18 Å². The third kappa shape index (κ3) is 4.92. The molecular formula is C23H31FN4O. The fourth-order valence-electron chi connectivity index (χ4n) is 3.73. The number of carbonyl (C=O) groups is 1. The van der Waals surface area contributed by atoms with E-state index in [2.05, 4.69) is 25.7 Å². The molecule has 1 aliphatic rings. The van der Waals surface area contributed by atoms with Crippen LogP contribution in [0.15, 0.2) is 24.3 Å². The van der Waals surface area contributed by atoms with Gasteiger partial charge in [-0.25, -0.2) is 14.4 Å². The van der Waals surface area contributed by atoms with Crippen molar-refractivity contribution in [3.8, 4) is 0 Å². The number of nitrogens with zero attached hydrogens (tertiary/aromatic N) is 4. The molecule has 1 aromatic carbocycles. The third-order valence-electron chi connectivity index (χ3n) is 5.47. The molecule has 0 unspecified atom stereocenters. The number of hydrogen-bond donors (Lipinski definition) is 0. The summed E-state index contributed by atoms with van der Waals surface area (Å²) in [6.45, 7) is 11.2. The van der Waals surface area contributed by atoms with E-state index in [9.17, 15) is 9.18 Å². The van der Waals surface area contributed by atoms with Gasteiger partial charge in [0.25, 0.3) is 0 Å². The van der Waals surface area contributed by atoms with Crippen molar-refractivity contribution in [2.24, 2.45) is 0 Å². The molecule has 0 atom stereocenters. The Morgan fingerprint density at radius 3 is 2.28 bits per heavy atom. The first kappa shape index (κ1) is 21.2. The lowest BCUT2D eigenvalue weighted by Crippen LogP contribution is -2.49. The fraction of sp³-hybridized carbons (Fsp3) is 0.522. The maximum absolute atomic E-state index is 13.3. The first-order valence-electron chi connectivity index (χ1n) is 10.6. The van der Waals surface area contributed by atoms with Crippen molar-refractivity contribution in [2.75, 3.05) is 31.1 Å². The summed E-state index contributed by atoms with van der Waals surface area (Å²) in [7, 11) is 0. The highest BCUT2D eigenvalue weighted by molar-refractivity contribution is 5.76. The largest absolute Gasteiger partial charge is 0.353 e. The van der Waals surface area contributed by atoms with Gasteiger partial charge in [-0.2, -0.15) is 0 Å². The molecule has 5 nitrogen and oxygen atoms in total. The van der Waals surface area contributed by atoms with Crippen LogP contribution in [-0.4, -0.2) is 47.0 Å². The summed E-state index contributed by atoms with van der Waals surface area (Å²) in [6.07, 6.45) is 2.03. The molecule has 2 heterocycles. The van der Waals surface area contributed by atoms with Gasteiger partial charge in [-0.1, -0.05) is 39.8 Å².